The first-order valence-electron chi connectivity index (χ1n) is 5.65. The monoisotopic (exact) mass is 288 g/mol. The van der Waals surface area contributed by atoms with E-state index in [0.717, 1.165) is 0 Å². The smallest absolute Gasteiger partial charge is 0.261 e. The topological polar surface area (TPSA) is 108 Å². The second kappa shape index (κ2) is 5.61. The van der Waals surface area contributed by atoms with Crippen LogP contribution in [0.2, 0.25) is 0 Å². The molecule has 0 saturated carbocycles. The maximum absolute atomic E-state index is 12.2. The molecule has 0 saturated heterocycles. The highest BCUT2D eigenvalue weighted by molar-refractivity contribution is 7.92. The lowest BCUT2D eigenvalue weighted by atomic mass is 10.2. The third kappa shape index (κ3) is 3.06. The molecule has 0 unspecified atom stereocenters. The van der Waals surface area contributed by atoms with Crippen LogP contribution >= 0.6 is 0 Å². The molecule has 102 valence electrons. The first kappa shape index (κ1) is 13.9. The first-order chi connectivity index (χ1) is 9.55. The number of hydrogen-bond donors (Lipinski definition) is 3. The molecule has 0 aliphatic rings. The van der Waals surface area contributed by atoms with E-state index in [0.29, 0.717) is 16.9 Å². The van der Waals surface area contributed by atoms with Crippen LogP contribution in [0.3, 0.4) is 0 Å². The molecular weight excluding hydrogens is 276 g/mol. The molecule has 0 bridgehead atoms. The Balaban J connectivity index is 2.28. The van der Waals surface area contributed by atoms with Crippen LogP contribution in [0.5, 0.6) is 0 Å². The Labute approximate surface area is 116 Å². The summed E-state index contributed by atoms with van der Waals surface area (Å²) in [6.07, 6.45) is 0. The summed E-state index contributed by atoms with van der Waals surface area (Å²) in [6.45, 7) is 0. The highest BCUT2D eigenvalue weighted by atomic mass is 32.2. The lowest BCUT2D eigenvalue weighted by Gasteiger charge is -2.09. The second-order valence-corrected chi connectivity index (χ2v) is 5.65. The number of nitrogen functional groups attached to an aromatic ring is 1. The van der Waals surface area contributed by atoms with Crippen LogP contribution in [-0.2, 0) is 10.0 Å². The summed E-state index contributed by atoms with van der Waals surface area (Å²) >= 11 is 0. The SMILES string of the molecule is N#Cc1cccc(NS(=O)(=O)c2ccc(NN)cc2)c1. The molecule has 0 heterocycles. The number of nitrogens with one attached hydrogen (secondary N) is 2. The van der Waals surface area contributed by atoms with E-state index in [4.69, 9.17) is 11.1 Å². The third-order valence-corrected chi connectivity index (χ3v) is 3.97. The van der Waals surface area contributed by atoms with Crippen molar-refractivity contribution in [3.63, 3.8) is 0 Å². The molecule has 0 aromatic heterocycles. The van der Waals surface area contributed by atoms with Crippen molar-refractivity contribution in [2.45, 2.75) is 4.90 Å². The van der Waals surface area contributed by atoms with Crippen LogP contribution < -0.4 is 16.0 Å². The minimum Gasteiger partial charge on any atom is -0.324 e. The van der Waals surface area contributed by atoms with Gasteiger partial charge in [-0.15, -0.1) is 0 Å². The summed E-state index contributed by atoms with van der Waals surface area (Å²) in [7, 11) is -3.69. The van der Waals surface area contributed by atoms with Gasteiger partial charge in [-0.25, -0.2) is 8.42 Å². The molecule has 0 aliphatic carbocycles. The maximum atomic E-state index is 12.2. The van der Waals surface area contributed by atoms with Gasteiger partial charge >= 0.3 is 0 Å². The lowest BCUT2D eigenvalue weighted by molar-refractivity contribution is 0.601. The van der Waals surface area contributed by atoms with Crippen LogP contribution in [0.4, 0.5) is 11.4 Å². The number of nitriles is 1. The minimum atomic E-state index is -3.69. The molecule has 4 N–H and O–H groups in total. The first-order valence-corrected chi connectivity index (χ1v) is 7.13. The number of hydrogen-bond acceptors (Lipinski definition) is 5. The van der Waals surface area contributed by atoms with Gasteiger partial charge in [-0.05, 0) is 42.5 Å². The zero-order valence-electron chi connectivity index (χ0n) is 10.4. The fraction of sp³-hybridized carbons (Fsp3) is 0. The predicted octanol–water partition coefficient (Wildman–Crippen LogP) is 1.64. The standard InChI is InChI=1S/C13H12N4O2S/c14-9-10-2-1-3-12(8-10)17-20(18,19)13-6-4-11(16-15)5-7-13/h1-8,16-17H,15H2. The van der Waals surface area contributed by atoms with Gasteiger partial charge in [0.15, 0.2) is 0 Å². The van der Waals surface area contributed by atoms with Gasteiger partial charge < -0.3 is 5.43 Å². The summed E-state index contributed by atoms with van der Waals surface area (Å²) in [4.78, 5) is 0.110. The van der Waals surface area contributed by atoms with Gasteiger partial charge in [0.25, 0.3) is 10.0 Å². The van der Waals surface area contributed by atoms with Crippen molar-refractivity contribution in [2.75, 3.05) is 10.1 Å². The Morgan fingerprint density at radius 2 is 1.75 bits per heavy atom. The number of anilines is 2. The van der Waals surface area contributed by atoms with Gasteiger partial charge in [-0.3, -0.25) is 10.6 Å². The Morgan fingerprint density at radius 1 is 1.05 bits per heavy atom. The molecule has 0 radical (unpaired) electrons. The van der Waals surface area contributed by atoms with E-state index in [-0.39, 0.29) is 4.90 Å². The number of benzene rings is 2. The van der Waals surface area contributed by atoms with Crippen molar-refractivity contribution < 1.29 is 8.42 Å². The van der Waals surface area contributed by atoms with Crippen LogP contribution in [0.15, 0.2) is 53.4 Å². The molecule has 2 aromatic carbocycles. The average Bonchev–Trinajstić information content (AvgIpc) is 2.47. The number of nitrogens with two attached hydrogens (primary N) is 1. The summed E-state index contributed by atoms with van der Waals surface area (Å²) in [5, 5.41) is 8.79. The van der Waals surface area contributed by atoms with Gasteiger partial charge in [0.2, 0.25) is 0 Å². The van der Waals surface area contributed by atoms with Crippen LogP contribution in [-0.4, -0.2) is 8.42 Å². The van der Waals surface area contributed by atoms with E-state index >= 15 is 0 Å². The van der Waals surface area contributed by atoms with E-state index in [9.17, 15) is 8.42 Å². The molecule has 0 atom stereocenters. The highest BCUT2D eigenvalue weighted by Gasteiger charge is 2.14. The van der Waals surface area contributed by atoms with Gasteiger partial charge in [-0.2, -0.15) is 5.26 Å². The number of rotatable bonds is 4. The van der Waals surface area contributed by atoms with Gasteiger partial charge in [0, 0.05) is 5.69 Å². The molecule has 0 amide bonds. The lowest BCUT2D eigenvalue weighted by Crippen LogP contribution is -2.13. The normalized spacial score (nSPS) is 10.6. The maximum Gasteiger partial charge on any atom is 0.261 e. The number of nitrogens with zero attached hydrogens (tertiary/aromatic N) is 1. The van der Waals surface area contributed by atoms with E-state index < -0.39 is 10.0 Å². The highest BCUT2D eigenvalue weighted by Crippen LogP contribution is 2.18. The predicted molar refractivity (Wildman–Crippen MR) is 76.2 cm³/mol. The summed E-state index contributed by atoms with van der Waals surface area (Å²) in [5.41, 5.74) is 3.75. The second-order valence-electron chi connectivity index (χ2n) is 3.97. The van der Waals surface area contributed by atoms with Gasteiger partial charge in [0.1, 0.15) is 0 Å². The Kier molecular flexibility index (Phi) is 3.89. The zero-order valence-corrected chi connectivity index (χ0v) is 11.2. The van der Waals surface area contributed by atoms with Crippen LogP contribution in [0, 0.1) is 11.3 Å². The van der Waals surface area contributed by atoms with Gasteiger partial charge in [0.05, 0.1) is 22.2 Å². The largest absolute Gasteiger partial charge is 0.324 e. The Hall–Kier alpha value is -2.56. The Bertz CT molecular complexity index is 749. The average molecular weight is 288 g/mol. The third-order valence-electron chi connectivity index (χ3n) is 2.58. The molecule has 20 heavy (non-hydrogen) atoms. The molecule has 2 aromatic rings. The zero-order chi connectivity index (χ0) is 14.6. The van der Waals surface area contributed by atoms with Crippen molar-refractivity contribution in [1.82, 2.24) is 0 Å². The molecule has 2 rings (SSSR count). The molecule has 0 spiro atoms. The molecule has 0 fully saturated rings. The van der Waals surface area contributed by atoms with E-state index in [1.165, 1.54) is 18.2 Å². The molecule has 6 nitrogen and oxygen atoms in total. The van der Waals surface area contributed by atoms with E-state index in [2.05, 4.69) is 10.1 Å². The van der Waals surface area contributed by atoms with Crippen molar-refractivity contribution in [3.8, 4) is 6.07 Å². The summed E-state index contributed by atoms with van der Waals surface area (Å²) < 4.78 is 26.7. The van der Waals surface area contributed by atoms with Crippen molar-refractivity contribution in [3.05, 3.63) is 54.1 Å². The van der Waals surface area contributed by atoms with Crippen molar-refractivity contribution in [1.29, 1.82) is 5.26 Å². The fourth-order valence-corrected chi connectivity index (χ4v) is 2.65. The fourth-order valence-electron chi connectivity index (χ4n) is 1.60. The van der Waals surface area contributed by atoms with Gasteiger partial charge in [-0.1, -0.05) is 6.07 Å². The number of sulfonamides is 1. The van der Waals surface area contributed by atoms with Crippen LogP contribution in [0.1, 0.15) is 5.56 Å². The quantitative estimate of drug-likeness (QED) is 0.585. The molecular formula is C13H12N4O2S. The summed E-state index contributed by atoms with van der Waals surface area (Å²) in [6, 6.07) is 14.2. The van der Waals surface area contributed by atoms with E-state index in [1.807, 2.05) is 6.07 Å². The Morgan fingerprint density at radius 3 is 2.35 bits per heavy atom. The molecule has 0 aliphatic heterocycles. The number of hydrazine groups is 1. The van der Waals surface area contributed by atoms with Crippen molar-refractivity contribution >= 4 is 21.4 Å². The van der Waals surface area contributed by atoms with Crippen LogP contribution in [0.25, 0.3) is 0 Å². The minimum absolute atomic E-state index is 0.110. The molecule has 7 heteroatoms. The van der Waals surface area contributed by atoms with Crippen molar-refractivity contribution in [2.24, 2.45) is 5.84 Å². The summed E-state index contributed by atoms with van der Waals surface area (Å²) in [5.74, 6) is 5.22. The van der Waals surface area contributed by atoms with E-state index in [1.54, 1.807) is 30.3 Å².